The van der Waals surface area contributed by atoms with Gasteiger partial charge in [0.2, 0.25) is 0 Å². The molecule has 1 aromatic heterocycles. The Balaban J connectivity index is 1.77. The number of thiazole rings is 1. The molecule has 1 saturated heterocycles. The number of aromatic nitrogens is 1. The zero-order valence-corrected chi connectivity index (χ0v) is 13.3. The highest BCUT2D eigenvalue weighted by molar-refractivity contribution is 7.99. The second kappa shape index (κ2) is 4.98. The maximum absolute atomic E-state index is 4.51. The summed E-state index contributed by atoms with van der Waals surface area (Å²) < 4.78 is 1.28. The third-order valence-corrected chi connectivity index (χ3v) is 6.03. The van der Waals surface area contributed by atoms with Crippen molar-refractivity contribution < 1.29 is 0 Å². The molecular weight excluding hydrogens is 272 g/mol. The second-order valence-electron chi connectivity index (χ2n) is 6.14. The molecule has 1 unspecified atom stereocenters. The number of thioether (sulfide) groups is 1. The number of anilines is 1. The molecule has 3 rings (SSSR count). The van der Waals surface area contributed by atoms with Crippen LogP contribution in [-0.4, -0.2) is 22.5 Å². The molecule has 1 N–H and O–H groups in total. The number of rotatable bonds is 2. The molecule has 0 amide bonds. The van der Waals surface area contributed by atoms with Gasteiger partial charge in [0.25, 0.3) is 0 Å². The van der Waals surface area contributed by atoms with Gasteiger partial charge in [0, 0.05) is 17.5 Å². The summed E-state index contributed by atoms with van der Waals surface area (Å²) in [4.78, 5) is 4.51. The van der Waals surface area contributed by atoms with Crippen molar-refractivity contribution >= 4 is 39.0 Å². The summed E-state index contributed by atoms with van der Waals surface area (Å²) in [6, 6.07) is 7.11. The average Bonchev–Trinajstić information content (AvgIpc) is 2.67. The minimum atomic E-state index is 0.450. The van der Waals surface area contributed by atoms with Crippen LogP contribution < -0.4 is 5.32 Å². The molecule has 0 saturated carbocycles. The zero-order valence-electron chi connectivity index (χ0n) is 11.7. The van der Waals surface area contributed by atoms with Crippen molar-refractivity contribution in [1.29, 1.82) is 0 Å². The van der Waals surface area contributed by atoms with Crippen molar-refractivity contribution in [2.75, 3.05) is 16.8 Å². The Bertz CT molecular complexity index is 589. The van der Waals surface area contributed by atoms with Crippen molar-refractivity contribution in [1.82, 2.24) is 4.98 Å². The molecule has 1 fully saturated rings. The Hall–Kier alpha value is -0.740. The van der Waals surface area contributed by atoms with E-state index >= 15 is 0 Å². The molecule has 0 spiro atoms. The lowest BCUT2D eigenvalue weighted by molar-refractivity contribution is 0.358. The molecule has 1 aliphatic heterocycles. The van der Waals surface area contributed by atoms with Gasteiger partial charge in [-0.25, -0.2) is 4.98 Å². The summed E-state index contributed by atoms with van der Waals surface area (Å²) in [5, 5.41) is 4.84. The van der Waals surface area contributed by atoms with E-state index in [2.05, 4.69) is 61.0 Å². The lowest BCUT2D eigenvalue weighted by Crippen LogP contribution is -2.35. The van der Waals surface area contributed by atoms with Crippen LogP contribution in [0.15, 0.2) is 18.2 Å². The first-order chi connectivity index (χ1) is 9.02. The monoisotopic (exact) mass is 292 g/mol. The predicted molar refractivity (Wildman–Crippen MR) is 87.5 cm³/mol. The summed E-state index contributed by atoms with van der Waals surface area (Å²) in [5.41, 5.74) is 2.80. The molecule has 1 aliphatic rings. The molecule has 0 aliphatic carbocycles. The SMILES string of the molecule is Cc1nc2ccc(NC3CSCC(C)(C)C3)cc2s1. The first-order valence-electron chi connectivity index (χ1n) is 6.73. The van der Waals surface area contributed by atoms with Crippen LogP contribution in [0.1, 0.15) is 25.3 Å². The maximum atomic E-state index is 4.51. The lowest BCUT2D eigenvalue weighted by atomic mass is 9.88. The molecule has 19 heavy (non-hydrogen) atoms. The van der Waals surface area contributed by atoms with Crippen molar-refractivity contribution in [2.45, 2.75) is 33.2 Å². The zero-order chi connectivity index (χ0) is 13.5. The average molecular weight is 292 g/mol. The fourth-order valence-electron chi connectivity index (χ4n) is 2.72. The third kappa shape index (κ3) is 3.06. The van der Waals surface area contributed by atoms with Crippen LogP contribution >= 0.6 is 23.1 Å². The van der Waals surface area contributed by atoms with E-state index in [4.69, 9.17) is 0 Å². The van der Waals surface area contributed by atoms with Gasteiger partial charge in [-0.2, -0.15) is 11.8 Å². The number of hydrogen-bond acceptors (Lipinski definition) is 4. The highest BCUT2D eigenvalue weighted by Gasteiger charge is 2.28. The van der Waals surface area contributed by atoms with Crippen LogP contribution in [-0.2, 0) is 0 Å². The summed E-state index contributed by atoms with van der Waals surface area (Å²) in [6.45, 7) is 6.80. The van der Waals surface area contributed by atoms with E-state index in [9.17, 15) is 0 Å². The van der Waals surface area contributed by atoms with E-state index in [1.54, 1.807) is 11.3 Å². The molecule has 2 aromatic rings. The molecule has 1 atom stereocenters. The number of aryl methyl sites for hydroxylation is 1. The number of hydrogen-bond donors (Lipinski definition) is 1. The van der Waals surface area contributed by atoms with Gasteiger partial charge < -0.3 is 5.32 Å². The first kappa shape index (κ1) is 13.3. The molecule has 102 valence electrons. The van der Waals surface area contributed by atoms with Crippen LogP contribution in [0, 0.1) is 12.3 Å². The van der Waals surface area contributed by atoms with Gasteiger partial charge in [-0.05, 0) is 42.7 Å². The number of benzene rings is 1. The fourth-order valence-corrected chi connectivity index (χ4v) is 4.86. The molecule has 0 bridgehead atoms. The Labute approximate surface area is 123 Å². The van der Waals surface area contributed by atoms with Crippen LogP contribution in [0.5, 0.6) is 0 Å². The molecule has 2 nitrogen and oxygen atoms in total. The normalized spacial score (nSPS) is 22.6. The third-order valence-electron chi connectivity index (χ3n) is 3.48. The van der Waals surface area contributed by atoms with Gasteiger partial charge in [-0.15, -0.1) is 11.3 Å². The summed E-state index contributed by atoms with van der Waals surface area (Å²) in [6.07, 6.45) is 1.25. The molecule has 2 heterocycles. The van der Waals surface area contributed by atoms with Crippen LogP contribution in [0.25, 0.3) is 10.2 Å². The fraction of sp³-hybridized carbons (Fsp3) is 0.533. The Kier molecular flexibility index (Phi) is 3.48. The minimum Gasteiger partial charge on any atom is -0.381 e. The summed E-state index contributed by atoms with van der Waals surface area (Å²) in [7, 11) is 0. The number of fused-ring (bicyclic) bond motifs is 1. The Morgan fingerprint density at radius 3 is 3.00 bits per heavy atom. The molecule has 1 aromatic carbocycles. The minimum absolute atomic E-state index is 0.450. The largest absolute Gasteiger partial charge is 0.381 e. The van der Waals surface area contributed by atoms with E-state index in [0.717, 1.165) is 10.5 Å². The highest BCUT2D eigenvalue weighted by Crippen LogP contribution is 2.35. The standard InChI is InChI=1S/C15H20N2S2/c1-10-16-13-5-4-11(6-14(13)19-10)17-12-7-15(2,3)9-18-8-12/h4-6,12,17H,7-9H2,1-3H3. The van der Waals surface area contributed by atoms with Crippen LogP contribution in [0.4, 0.5) is 5.69 Å². The predicted octanol–water partition coefficient (Wildman–Crippen LogP) is 4.55. The van der Waals surface area contributed by atoms with Crippen LogP contribution in [0.3, 0.4) is 0 Å². The number of nitrogens with one attached hydrogen (secondary N) is 1. The van der Waals surface area contributed by atoms with E-state index in [1.165, 1.54) is 28.3 Å². The van der Waals surface area contributed by atoms with Gasteiger partial charge in [-0.3, -0.25) is 0 Å². The molecule has 4 heteroatoms. The van der Waals surface area contributed by atoms with Gasteiger partial charge >= 0.3 is 0 Å². The van der Waals surface area contributed by atoms with Gasteiger partial charge in [0.05, 0.1) is 15.2 Å². The summed E-state index contributed by atoms with van der Waals surface area (Å²) >= 11 is 3.84. The van der Waals surface area contributed by atoms with Crippen molar-refractivity contribution in [3.05, 3.63) is 23.2 Å². The van der Waals surface area contributed by atoms with E-state index in [-0.39, 0.29) is 0 Å². The van der Waals surface area contributed by atoms with Crippen molar-refractivity contribution in [3.63, 3.8) is 0 Å². The second-order valence-corrected chi connectivity index (χ2v) is 8.41. The van der Waals surface area contributed by atoms with Crippen LogP contribution in [0.2, 0.25) is 0 Å². The first-order valence-corrected chi connectivity index (χ1v) is 8.70. The maximum Gasteiger partial charge on any atom is 0.0907 e. The number of nitrogens with zero attached hydrogens (tertiary/aromatic N) is 1. The van der Waals surface area contributed by atoms with E-state index < -0.39 is 0 Å². The Morgan fingerprint density at radius 1 is 1.37 bits per heavy atom. The quantitative estimate of drug-likeness (QED) is 0.879. The highest BCUT2D eigenvalue weighted by atomic mass is 32.2. The topological polar surface area (TPSA) is 24.9 Å². The lowest BCUT2D eigenvalue weighted by Gasteiger charge is -2.35. The summed E-state index contributed by atoms with van der Waals surface area (Å²) in [5.74, 6) is 2.49. The van der Waals surface area contributed by atoms with Gasteiger partial charge in [-0.1, -0.05) is 13.8 Å². The van der Waals surface area contributed by atoms with Gasteiger partial charge in [0.15, 0.2) is 0 Å². The Morgan fingerprint density at radius 2 is 2.21 bits per heavy atom. The van der Waals surface area contributed by atoms with Crippen molar-refractivity contribution in [2.24, 2.45) is 5.41 Å². The van der Waals surface area contributed by atoms with Gasteiger partial charge in [0.1, 0.15) is 0 Å². The molecule has 0 radical (unpaired) electrons. The van der Waals surface area contributed by atoms with E-state index in [0.29, 0.717) is 11.5 Å². The van der Waals surface area contributed by atoms with E-state index in [1.807, 2.05) is 0 Å². The molecular formula is C15H20N2S2. The van der Waals surface area contributed by atoms with Crippen molar-refractivity contribution in [3.8, 4) is 0 Å². The smallest absolute Gasteiger partial charge is 0.0907 e.